The summed E-state index contributed by atoms with van der Waals surface area (Å²) in [5, 5.41) is 0.355. The van der Waals surface area contributed by atoms with Crippen LogP contribution in [0, 0.1) is 11.8 Å². The Labute approximate surface area is 107 Å². The number of nitrogens with zero attached hydrogens (tertiary/aromatic N) is 1. The number of rotatable bonds is 3. The van der Waals surface area contributed by atoms with Gasteiger partial charge in [-0.3, -0.25) is 4.79 Å². The van der Waals surface area contributed by atoms with Crippen molar-refractivity contribution < 1.29 is 4.79 Å². The Hall–Kier alpha value is -1.22. The lowest BCUT2D eigenvalue weighted by Crippen LogP contribution is -2.29. The van der Waals surface area contributed by atoms with E-state index in [4.69, 9.17) is 17.3 Å². The van der Waals surface area contributed by atoms with Crippen molar-refractivity contribution >= 4 is 23.2 Å². The number of halogens is 1. The molecule has 1 amide bonds. The third-order valence-corrected chi connectivity index (χ3v) is 3.81. The van der Waals surface area contributed by atoms with E-state index in [-0.39, 0.29) is 5.91 Å². The molecule has 92 valence electrons. The van der Waals surface area contributed by atoms with E-state index < -0.39 is 0 Å². The van der Waals surface area contributed by atoms with Gasteiger partial charge in [0, 0.05) is 13.6 Å². The van der Waals surface area contributed by atoms with Gasteiger partial charge in [0.15, 0.2) is 0 Å². The van der Waals surface area contributed by atoms with Crippen LogP contribution in [0.4, 0.5) is 5.69 Å². The molecule has 0 aliphatic heterocycles. The molecule has 0 aromatic heterocycles. The molecular weight excluding hydrogens is 236 g/mol. The van der Waals surface area contributed by atoms with Crippen LogP contribution in [0.25, 0.3) is 0 Å². The zero-order valence-corrected chi connectivity index (χ0v) is 10.9. The van der Waals surface area contributed by atoms with Crippen molar-refractivity contribution in [2.45, 2.75) is 13.3 Å². The summed E-state index contributed by atoms with van der Waals surface area (Å²) >= 11 is 6.04. The molecule has 1 aliphatic rings. The minimum absolute atomic E-state index is 0.0543. The summed E-state index contributed by atoms with van der Waals surface area (Å²) in [6.45, 7) is 3.00. The molecule has 1 aliphatic carbocycles. The number of benzene rings is 1. The van der Waals surface area contributed by atoms with Gasteiger partial charge in [-0.25, -0.2) is 0 Å². The molecule has 2 rings (SSSR count). The molecule has 1 aromatic carbocycles. The van der Waals surface area contributed by atoms with E-state index in [2.05, 4.69) is 6.92 Å². The zero-order chi connectivity index (χ0) is 12.6. The first kappa shape index (κ1) is 12.2. The van der Waals surface area contributed by atoms with Crippen molar-refractivity contribution in [3.63, 3.8) is 0 Å². The van der Waals surface area contributed by atoms with Crippen molar-refractivity contribution in [1.82, 2.24) is 4.90 Å². The molecule has 2 N–H and O–H groups in total. The Morgan fingerprint density at radius 3 is 2.82 bits per heavy atom. The molecule has 0 bridgehead atoms. The van der Waals surface area contributed by atoms with Crippen LogP contribution < -0.4 is 5.73 Å². The van der Waals surface area contributed by atoms with Crippen LogP contribution in [-0.4, -0.2) is 24.4 Å². The number of hydrogen-bond acceptors (Lipinski definition) is 2. The van der Waals surface area contributed by atoms with Gasteiger partial charge in [-0.05, 0) is 30.4 Å². The van der Waals surface area contributed by atoms with Crippen LogP contribution in [0.3, 0.4) is 0 Å². The maximum atomic E-state index is 12.2. The Kier molecular flexibility index (Phi) is 3.29. The van der Waals surface area contributed by atoms with Gasteiger partial charge in [0.25, 0.3) is 5.91 Å². The molecule has 0 saturated heterocycles. The monoisotopic (exact) mass is 252 g/mol. The number of carbonyl (C=O) groups excluding carboxylic acids is 1. The third kappa shape index (κ3) is 2.55. The Balaban J connectivity index is 2.10. The van der Waals surface area contributed by atoms with E-state index in [1.807, 2.05) is 7.05 Å². The highest BCUT2D eigenvalue weighted by Gasteiger charge is 2.34. The molecule has 0 radical (unpaired) electrons. The number of carbonyl (C=O) groups is 1. The van der Waals surface area contributed by atoms with Gasteiger partial charge in [0.2, 0.25) is 0 Å². The van der Waals surface area contributed by atoms with Crippen molar-refractivity contribution in [2.75, 3.05) is 19.3 Å². The van der Waals surface area contributed by atoms with Crippen molar-refractivity contribution in [3.05, 3.63) is 28.8 Å². The quantitative estimate of drug-likeness (QED) is 0.841. The summed E-state index contributed by atoms with van der Waals surface area (Å²) in [4.78, 5) is 13.9. The predicted octanol–water partition coefficient (Wildman–Crippen LogP) is 2.65. The fourth-order valence-corrected chi connectivity index (χ4v) is 2.22. The highest BCUT2D eigenvalue weighted by Crippen LogP contribution is 2.38. The zero-order valence-electron chi connectivity index (χ0n) is 10.1. The third-order valence-electron chi connectivity index (χ3n) is 3.39. The van der Waals surface area contributed by atoms with Gasteiger partial charge >= 0.3 is 0 Å². The fraction of sp³-hybridized carbons (Fsp3) is 0.462. The maximum Gasteiger partial charge on any atom is 0.255 e. The molecule has 1 fully saturated rings. The summed E-state index contributed by atoms with van der Waals surface area (Å²) in [5.41, 5.74) is 6.63. The molecule has 2 atom stereocenters. The smallest absolute Gasteiger partial charge is 0.255 e. The molecule has 1 saturated carbocycles. The highest BCUT2D eigenvalue weighted by molar-refractivity contribution is 6.36. The summed E-state index contributed by atoms with van der Waals surface area (Å²) in [6, 6.07) is 5.16. The van der Waals surface area contributed by atoms with Crippen LogP contribution in [0.5, 0.6) is 0 Å². The lowest BCUT2D eigenvalue weighted by Gasteiger charge is -2.18. The molecule has 1 aromatic rings. The van der Waals surface area contributed by atoms with Crippen LogP contribution in [0.1, 0.15) is 23.7 Å². The first-order chi connectivity index (χ1) is 8.00. The van der Waals surface area contributed by atoms with Crippen LogP contribution in [0.2, 0.25) is 5.02 Å². The Morgan fingerprint density at radius 2 is 2.24 bits per heavy atom. The van der Waals surface area contributed by atoms with Crippen LogP contribution in [-0.2, 0) is 0 Å². The largest absolute Gasteiger partial charge is 0.398 e. The Morgan fingerprint density at radius 1 is 1.59 bits per heavy atom. The van der Waals surface area contributed by atoms with Gasteiger partial charge in [-0.1, -0.05) is 24.6 Å². The second-order valence-corrected chi connectivity index (χ2v) is 5.25. The molecule has 0 spiro atoms. The van der Waals surface area contributed by atoms with Crippen molar-refractivity contribution in [1.29, 1.82) is 0 Å². The molecular formula is C13H17ClN2O. The molecule has 0 heterocycles. The van der Waals surface area contributed by atoms with Crippen molar-refractivity contribution in [2.24, 2.45) is 11.8 Å². The number of nitrogens with two attached hydrogens (primary N) is 1. The number of amides is 1. The second kappa shape index (κ2) is 4.57. The molecule has 4 heteroatoms. The standard InChI is InChI=1S/C13H17ClN2O/c1-8-6-9(8)7-16(2)13(17)10-4-3-5-11(15)12(10)14/h3-5,8-9H,6-7,15H2,1-2H3. The van der Waals surface area contributed by atoms with E-state index in [0.29, 0.717) is 22.2 Å². The average Bonchev–Trinajstić information content (AvgIpc) is 2.97. The number of anilines is 1. The minimum atomic E-state index is -0.0543. The topological polar surface area (TPSA) is 46.3 Å². The lowest BCUT2D eigenvalue weighted by molar-refractivity contribution is 0.0787. The maximum absolute atomic E-state index is 12.2. The summed E-state index contributed by atoms with van der Waals surface area (Å²) in [6.07, 6.45) is 1.21. The Bertz CT molecular complexity index is 447. The van der Waals surface area contributed by atoms with Gasteiger partial charge in [-0.2, -0.15) is 0 Å². The SMILES string of the molecule is CC1CC1CN(C)C(=O)c1cccc(N)c1Cl. The summed E-state index contributed by atoms with van der Waals surface area (Å²) < 4.78 is 0. The van der Waals surface area contributed by atoms with Gasteiger partial charge in [0.05, 0.1) is 16.3 Å². The lowest BCUT2D eigenvalue weighted by atomic mass is 10.1. The molecule has 3 nitrogen and oxygen atoms in total. The normalized spacial score (nSPS) is 22.3. The van der Waals surface area contributed by atoms with Gasteiger partial charge < -0.3 is 10.6 Å². The van der Waals surface area contributed by atoms with E-state index in [1.165, 1.54) is 6.42 Å². The van der Waals surface area contributed by atoms with E-state index in [0.717, 1.165) is 12.5 Å². The highest BCUT2D eigenvalue weighted by atomic mass is 35.5. The summed E-state index contributed by atoms with van der Waals surface area (Å²) in [5.74, 6) is 1.33. The average molecular weight is 253 g/mol. The van der Waals surface area contributed by atoms with Crippen LogP contribution >= 0.6 is 11.6 Å². The van der Waals surface area contributed by atoms with E-state index in [1.54, 1.807) is 23.1 Å². The number of nitrogen functional groups attached to an aromatic ring is 1. The first-order valence-corrected chi connectivity index (χ1v) is 6.18. The molecule has 17 heavy (non-hydrogen) atoms. The second-order valence-electron chi connectivity index (χ2n) is 4.87. The summed E-state index contributed by atoms with van der Waals surface area (Å²) in [7, 11) is 1.81. The number of hydrogen-bond donors (Lipinski definition) is 1. The van der Waals surface area contributed by atoms with E-state index in [9.17, 15) is 4.79 Å². The predicted molar refractivity (Wildman–Crippen MR) is 70.1 cm³/mol. The van der Waals surface area contributed by atoms with E-state index >= 15 is 0 Å². The fourth-order valence-electron chi connectivity index (χ4n) is 2.01. The minimum Gasteiger partial charge on any atom is -0.398 e. The van der Waals surface area contributed by atoms with Gasteiger partial charge in [-0.15, -0.1) is 0 Å². The van der Waals surface area contributed by atoms with Crippen molar-refractivity contribution in [3.8, 4) is 0 Å². The molecule has 2 unspecified atom stereocenters. The van der Waals surface area contributed by atoms with Crippen LogP contribution in [0.15, 0.2) is 18.2 Å². The van der Waals surface area contributed by atoms with Gasteiger partial charge in [0.1, 0.15) is 0 Å². The first-order valence-electron chi connectivity index (χ1n) is 5.80.